The third kappa shape index (κ3) is 32.2. The average Bonchev–Trinajstić information content (AvgIpc) is 3.84. The summed E-state index contributed by atoms with van der Waals surface area (Å²) in [7, 11) is 1.62. The third-order valence-corrected chi connectivity index (χ3v) is 10.5. The lowest BCUT2D eigenvalue weighted by atomic mass is 10.0. The molecule has 10 heteroatoms. The molecule has 9 nitrogen and oxygen atoms in total. The minimum atomic E-state index is -4.29. The summed E-state index contributed by atoms with van der Waals surface area (Å²) in [5.74, 6) is -0.352. The van der Waals surface area contributed by atoms with Crippen LogP contribution in [0, 0.1) is 0 Å². The second-order valence-electron chi connectivity index (χ2n) is 15.8. The normalized spacial score (nSPS) is 17.9. The molecule has 0 aromatic heterocycles. The molecule has 4 atom stereocenters. The Kier molecular flexibility index (Phi) is 30.1. The van der Waals surface area contributed by atoms with Gasteiger partial charge in [0.05, 0.1) is 46.2 Å². The number of carbonyl (C=O) groups excluding carboxylic acids is 1. The van der Waals surface area contributed by atoms with Gasteiger partial charge in [0.1, 0.15) is 19.8 Å². The summed E-state index contributed by atoms with van der Waals surface area (Å²) in [5, 5.41) is 0. The molecule has 1 heterocycles. The van der Waals surface area contributed by atoms with Crippen LogP contribution in [0.1, 0.15) is 174 Å². The smallest absolute Gasteiger partial charge is 0.472 e. The summed E-state index contributed by atoms with van der Waals surface area (Å²) in [6.07, 6.45) is 37.5. The topological polar surface area (TPSA) is 104 Å². The zero-order chi connectivity index (χ0) is 38.2. The average molecular weight is 759 g/mol. The number of nitrogens with zero attached hydrogens (tertiary/aromatic N) is 1. The molecule has 0 spiro atoms. The highest BCUT2D eigenvalue weighted by Crippen LogP contribution is 2.43. The van der Waals surface area contributed by atoms with Crippen molar-refractivity contribution in [3.05, 3.63) is 24.5 Å². The molecule has 0 saturated carbocycles. The van der Waals surface area contributed by atoms with Crippen molar-refractivity contribution in [3.8, 4) is 0 Å². The summed E-state index contributed by atoms with van der Waals surface area (Å²) in [4.78, 5) is 22.8. The summed E-state index contributed by atoms with van der Waals surface area (Å²) in [6, 6.07) is 0. The van der Waals surface area contributed by atoms with Gasteiger partial charge in [0.2, 0.25) is 0 Å². The number of allylic oxidation sites excluding steroid dienone is 2. The van der Waals surface area contributed by atoms with Gasteiger partial charge < -0.3 is 23.6 Å². The lowest BCUT2D eigenvalue weighted by Crippen LogP contribution is -2.37. The number of epoxide rings is 1. The van der Waals surface area contributed by atoms with E-state index in [1.54, 1.807) is 6.26 Å². The maximum atomic E-state index is 12.7. The highest BCUT2D eigenvalue weighted by Gasteiger charge is 2.36. The molecule has 1 N–H and O–H groups in total. The number of rotatable bonds is 38. The fourth-order valence-electron chi connectivity index (χ4n) is 6.05. The first kappa shape index (κ1) is 48.8. The molecule has 0 aromatic carbocycles. The molecule has 52 heavy (non-hydrogen) atoms. The van der Waals surface area contributed by atoms with Crippen molar-refractivity contribution < 1.29 is 42.0 Å². The molecule has 0 aromatic rings. The Balaban J connectivity index is 2.26. The first-order valence-electron chi connectivity index (χ1n) is 21.2. The van der Waals surface area contributed by atoms with E-state index in [4.69, 9.17) is 23.3 Å². The van der Waals surface area contributed by atoms with Crippen LogP contribution in [0.3, 0.4) is 0 Å². The molecular formula is C42H81NO8P+. The fraction of sp³-hybridized carbons (Fsp3) is 0.881. The Morgan fingerprint density at radius 3 is 1.88 bits per heavy atom. The number of phosphoric ester groups is 1. The lowest BCUT2D eigenvalue weighted by molar-refractivity contribution is -0.870. The van der Waals surface area contributed by atoms with Crippen LogP contribution in [0.25, 0.3) is 0 Å². The minimum absolute atomic E-state index is 0.0411. The molecule has 1 fully saturated rings. The Hall–Kier alpha value is -1.22. The van der Waals surface area contributed by atoms with E-state index in [1.807, 2.05) is 27.2 Å². The summed E-state index contributed by atoms with van der Waals surface area (Å²) >= 11 is 0. The number of carbonyl (C=O) groups is 1. The predicted octanol–water partition coefficient (Wildman–Crippen LogP) is 11.4. The molecule has 1 saturated heterocycles. The number of quaternary nitrogens is 1. The molecule has 0 bridgehead atoms. The van der Waals surface area contributed by atoms with Crippen molar-refractivity contribution in [2.75, 3.05) is 47.5 Å². The van der Waals surface area contributed by atoms with E-state index in [2.05, 4.69) is 26.0 Å². The number of unbranched alkanes of at least 4 members (excludes halogenated alkanes) is 19. The van der Waals surface area contributed by atoms with Crippen LogP contribution in [0.2, 0.25) is 0 Å². The number of likely N-dealkylation sites (N-methyl/N-ethyl adjacent to an activating group) is 1. The van der Waals surface area contributed by atoms with E-state index in [0.717, 1.165) is 57.8 Å². The van der Waals surface area contributed by atoms with Gasteiger partial charge in [-0.15, -0.1) is 0 Å². The molecule has 0 radical (unpaired) electrons. The largest absolute Gasteiger partial charge is 0.498 e. The highest BCUT2D eigenvalue weighted by atomic mass is 31.2. The van der Waals surface area contributed by atoms with E-state index in [9.17, 15) is 14.3 Å². The number of hydrogen-bond acceptors (Lipinski definition) is 7. The number of phosphoric acid groups is 1. The van der Waals surface area contributed by atoms with Gasteiger partial charge >= 0.3 is 13.8 Å². The van der Waals surface area contributed by atoms with Gasteiger partial charge in [-0.2, -0.15) is 0 Å². The van der Waals surface area contributed by atoms with E-state index >= 15 is 0 Å². The first-order chi connectivity index (χ1) is 25.1. The van der Waals surface area contributed by atoms with Gasteiger partial charge in [-0.3, -0.25) is 13.8 Å². The molecular weight excluding hydrogens is 677 g/mol. The van der Waals surface area contributed by atoms with Crippen LogP contribution in [0.4, 0.5) is 0 Å². The fourth-order valence-corrected chi connectivity index (χ4v) is 6.80. The van der Waals surface area contributed by atoms with Crippen LogP contribution in [-0.2, 0) is 32.6 Å². The van der Waals surface area contributed by atoms with Crippen molar-refractivity contribution in [2.45, 2.75) is 193 Å². The zero-order valence-electron chi connectivity index (χ0n) is 34.2. The van der Waals surface area contributed by atoms with Gasteiger partial charge in [0.15, 0.2) is 6.10 Å². The Labute approximate surface area is 319 Å². The van der Waals surface area contributed by atoms with Crippen LogP contribution in [0.5, 0.6) is 0 Å². The maximum absolute atomic E-state index is 12.7. The monoisotopic (exact) mass is 759 g/mol. The van der Waals surface area contributed by atoms with Crippen molar-refractivity contribution >= 4 is 13.8 Å². The quantitative estimate of drug-likeness (QED) is 0.0126. The predicted molar refractivity (Wildman–Crippen MR) is 214 cm³/mol. The van der Waals surface area contributed by atoms with E-state index in [1.165, 1.54) is 96.3 Å². The van der Waals surface area contributed by atoms with Crippen molar-refractivity contribution in [1.29, 1.82) is 0 Å². The summed E-state index contributed by atoms with van der Waals surface area (Å²) < 4.78 is 40.4. The molecule has 1 aliphatic rings. The zero-order valence-corrected chi connectivity index (χ0v) is 35.1. The SMILES string of the molecule is CCCCCCCCCCCCCC/C=C/OC[C@H](COP(=O)(O)OCC[N+](C)(C)C)OC(=O)CCCCCCC/C=C\CC1OC1CCCCC. The molecule has 1 aliphatic heterocycles. The number of ether oxygens (including phenoxy) is 3. The lowest BCUT2D eigenvalue weighted by Gasteiger charge is -2.24. The van der Waals surface area contributed by atoms with Gasteiger partial charge in [0.25, 0.3) is 0 Å². The molecule has 306 valence electrons. The van der Waals surface area contributed by atoms with Crippen LogP contribution in [0.15, 0.2) is 24.5 Å². The molecule has 3 unspecified atom stereocenters. The van der Waals surface area contributed by atoms with Crippen molar-refractivity contribution in [2.24, 2.45) is 0 Å². The second-order valence-corrected chi connectivity index (χ2v) is 17.3. The van der Waals surface area contributed by atoms with Crippen LogP contribution >= 0.6 is 7.82 Å². The first-order valence-corrected chi connectivity index (χ1v) is 22.7. The van der Waals surface area contributed by atoms with Crippen LogP contribution in [-0.4, -0.2) is 81.2 Å². The molecule has 0 aliphatic carbocycles. The van der Waals surface area contributed by atoms with E-state index in [0.29, 0.717) is 29.7 Å². The van der Waals surface area contributed by atoms with Gasteiger partial charge in [-0.05, 0) is 51.0 Å². The minimum Gasteiger partial charge on any atom is -0.498 e. The van der Waals surface area contributed by atoms with Gasteiger partial charge in [-0.1, -0.05) is 135 Å². The Bertz CT molecular complexity index is 953. The van der Waals surface area contributed by atoms with E-state index in [-0.39, 0.29) is 25.8 Å². The maximum Gasteiger partial charge on any atom is 0.472 e. The highest BCUT2D eigenvalue weighted by molar-refractivity contribution is 7.47. The standard InChI is InChI=1S/C42H80NO8P/c1-6-8-10-11-12-13-14-15-16-17-20-23-26-30-35-47-37-39(38-49-52(45,46)48-36-34-43(3,4)5)50-42(44)33-29-25-22-19-18-21-24-28-32-41-40(51-41)31-27-9-7-2/h24,28,30,35,39-41H,6-23,25-27,29,31-34,36-38H2,1-5H3/p+1/b28-24-,35-30+/t39-,40?,41?/m1/s1. The Morgan fingerprint density at radius 1 is 0.712 bits per heavy atom. The number of hydrogen-bond donors (Lipinski definition) is 1. The van der Waals surface area contributed by atoms with E-state index < -0.39 is 13.9 Å². The third-order valence-electron chi connectivity index (χ3n) is 9.50. The number of esters is 1. The molecule has 0 amide bonds. The summed E-state index contributed by atoms with van der Waals surface area (Å²) in [6.45, 7) is 4.88. The molecule has 1 rings (SSSR count). The van der Waals surface area contributed by atoms with Gasteiger partial charge in [0, 0.05) is 6.42 Å². The van der Waals surface area contributed by atoms with Crippen LogP contribution < -0.4 is 0 Å². The van der Waals surface area contributed by atoms with Crippen molar-refractivity contribution in [3.63, 3.8) is 0 Å². The summed E-state index contributed by atoms with van der Waals surface area (Å²) in [5.41, 5.74) is 0. The second kappa shape index (κ2) is 32.1. The Morgan fingerprint density at radius 2 is 1.27 bits per heavy atom. The van der Waals surface area contributed by atoms with Gasteiger partial charge in [-0.25, -0.2) is 4.57 Å². The van der Waals surface area contributed by atoms with Crippen molar-refractivity contribution in [1.82, 2.24) is 0 Å².